The van der Waals surface area contributed by atoms with Crippen molar-refractivity contribution in [1.29, 1.82) is 0 Å². The quantitative estimate of drug-likeness (QED) is 0.826. The molecule has 5 nitrogen and oxygen atoms in total. The van der Waals surface area contributed by atoms with Crippen molar-refractivity contribution in [2.45, 2.75) is 18.9 Å². The van der Waals surface area contributed by atoms with Gasteiger partial charge in [0, 0.05) is 32.7 Å². The van der Waals surface area contributed by atoms with Crippen LogP contribution in [0.4, 0.5) is 10.5 Å². The van der Waals surface area contributed by atoms with Crippen LogP contribution in [-0.2, 0) is 11.2 Å². The molecule has 0 bridgehead atoms. The molecule has 1 aromatic carbocycles. The maximum atomic E-state index is 11.6. The van der Waals surface area contributed by atoms with Gasteiger partial charge in [-0.3, -0.25) is 4.79 Å². The zero-order valence-corrected chi connectivity index (χ0v) is 11.1. The Morgan fingerprint density at radius 3 is 2.68 bits per heavy atom. The summed E-state index contributed by atoms with van der Waals surface area (Å²) in [6, 6.07) is 6.10. The fraction of sp³-hybridized carbons (Fsp3) is 0.429. The summed E-state index contributed by atoms with van der Waals surface area (Å²) >= 11 is 0. The van der Waals surface area contributed by atoms with Gasteiger partial charge in [-0.15, -0.1) is 0 Å². The van der Waals surface area contributed by atoms with Crippen LogP contribution in [0.1, 0.15) is 23.6 Å². The van der Waals surface area contributed by atoms with E-state index in [0.717, 1.165) is 17.7 Å². The van der Waals surface area contributed by atoms with Crippen LogP contribution in [-0.4, -0.2) is 37.5 Å². The summed E-state index contributed by atoms with van der Waals surface area (Å²) in [7, 11) is 3.60. The summed E-state index contributed by atoms with van der Waals surface area (Å²) < 4.78 is 0. The summed E-state index contributed by atoms with van der Waals surface area (Å²) in [6.45, 7) is 0.687. The molecule has 0 saturated carbocycles. The van der Waals surface area contributed by atoms with E-state index in [1.54, 1.807) is 16.8 Å². The third-order valence-corrected chi connectivity index (χ3v) is 3.95. The summed E-state index contributed by atoms with van der Waals surface area (Å²) in [5, 5.41) is 2.95. The Labute approximate surface area is 112 Å². The number of amides is 3. The summed E-state index contributed by atoms with van der Waals surface area (Å²) in [5.41, 5.74) is 3.28. The minimum absolute atomic E-state index is 0.0324. The van der Waals surface area contributed by atoms with Crippen molar-refractivity contribution >= 4 is 17.6 Å². The van der Waals surface area contributed by atoms with E-state index in [2.05, 4.69) is 11.4 Å². The Morgan fingerprint density at radius 1 is 1.21 bits per heavy atom. The predicted molar refractivity (Wildman–Crippen MR) is 72.1 cm³/mol. The fourth-order valence-electron chi connectivity index (χ4n) is 2.74. The highest BCUT2D eigenvalue weighted by atomic mass is 16.2. The van der Waals surface area contributed by atoms with Gasteiger partial charge in [0.2, 0.25) is 5.91 Å². The molecular weight excluding hydrogens is 242 g/mol. The van der Waals surface area contributed by atoms with Gasteiger partial charge in [0.25, 0.3) is 0 Å². The minimum atomic E-state index is -0.0324. The Morgan fingerprint density at radius 2 is 2.00 bits per heavy atom. The third-order valence-electron chi connectivity index (χ3n) is 3.95. The number of fused-ring (bicyclic) bond motifs is 1. The van der Waals surface area contributed by atoms with Gasteiger partial charge in [0.1, 0.15) is 0 Å². The molecule has 0 aromatic heterocycles. The number of urea groups is 1. The summed E-state index contributed by atoms with van der Waals surface area (Å²) in [4.78, 5) is 26.5. The lowest BCUT2D eigenvalue weighted by Crippen LogP contribution is -2.31. The van der Waals surface area contributed by atoms with Crippen molar-refractivity contribution < 1.29 is 9.59 Å². The molecule has 2 aliphatic rings. The third kappa shape index (κ3) is 1.95. The molecule has 3 amide bonds. The number of aryl methyl sites for hydroxylation is 1. The zero-order chi connectivity index (χ0) is 13.6. The highest BCUT2D eigenvalue weighted by Gasteiger charge is 2.28. The number of carbonyl (C=O) groups is 2. The number of hydrogen-bond donors (Lipinski definition) is 1. The molecule has 3 rings (SSSR count). The smallest absolute Gasteiger partial charge is 0.317 e. The molecule has 5 heteroatoms. The van der Waals surface area contributed by atoms with Gasteiger partial charge in [0.15, 0.2) is 0 Å². The average molecular weight is 259 g/mol. The molecule has 0 spiro atoms. The first-order valence-electron chi connectivity index (χ1n) is 6.47. The number of anilines is 1. The lowest BCUT2D eigenvalue weighted by atomic mass is 9.96. The second-order valence-corrected chi connectivity index (χ2v) is 5.22. The van der Waals surface area contributed by atoms with Crippen molar-refractivity contribution in [1.82, 2.24) is 10.2 Å². The van der Waals surface area contributed by atoms with E-state index >= 15 is 0 Å². The molecule has 1 saturated heterocycles. The Kier molecular flexibility index (Phi) is 2.69. The van der Waals surface area contributed by atoms with E-state index in [4.69, 9.17) is 0 Å². The second kappa shape index (κ2) is 4.26. The van der Waals surface area contributed by atoms with Crippen LogP contribution in [0.5, 0.6) is 0 Å². The highest BCUT2D eigenvalue weighted by Crippen LogP contribution is 2.30. The normalized spacial score (nSPS) is 22.5. The standard InChI is InChI=1S/C14H17N3O2/c1-16-8-11(15-14(16)19)9-3-5-12-10(7-9)4-6-13(18)17(12)2/h3,5,7,11H,4,6,8H2,1-2H3,(H,15,19). The first-order valence-corrected chi connectivity index (χ1v) is 6.47. The number of benzene rings is 1. The zero-order valence-electron chi connectivity index (χ0n) is 11.1. The largest absolute Gasteiger partial charge is 0.329 e. The van der Waals surface area contributed by atoms with Crippen LogP contribution >= 0.6 is 0 Å². The van der Waals surface area contributed by atoms with Crippen LogP contribution in [0, 0.1) is 0 Å². The van der Waals surface area contributed by atoms with E-state index in [-0.39, 0.29) is 18.0 Å². The Bertz CT molecular complexity index is 556. The molecule has 1 N–H and O–H groups in total. The van der Waals surface area contributed by atoms with E-state index < -0.39 is 0 Å². The molecule has 2 heterocycles. The van der Waals surface area contributed by atoms with Gasteiger partial charge in [-0.25, -0.2) is 4.79 Å². The van der Waals surface area contributed by atoms with E-state index in [0.29, 0.717) is 13.0 Å². The Balaban J connectivity index is 1.90. The first-order chi connectivity index (χ1) is 9.06. The highest BCUT2D eigenvalue weighted by molar-refractivity contribution is 5.95. The van der Waals surface area contributed by atoms with Gasteiger partial charge in [-0.1, -0.05) is 12.1 Å². The number of likely N-dealkylation sites (N-methyl/N-ethyl adjacent to an activating group) is 1. The van der Waals surface area contributed by atoms with Crippen molar-refractivity contribution in [2.75, 3.05) is 25.5 Å². The molecule has 0 aliphatic carbocycles. The van der Waals surface area contributed by atoms with E-state index in [1.807, 2.05) is 19.2 Å². The molecular formula is C14H17N3O2. The first kappa shape index (κ1) is 12.0. The van der Waals surface area contributed by atoms with E-state index in [9.17, 15) is 9.59 Å². The molecule has 2 aliphatic heterocycles. The van der Waals surface area contributed by atoms with Crippen molar-refractivity contribution in [2.24, 2.45) is 0 Å². The molecule has 100 valence electrons. The average Bonchev–Trinajstić information content (AvgIpc) is 2.74. The maximum Gasteiger partial charge on any atom is 0.317 e. The van der Waals surface area contributed by atoms with Gasteiger partial charge < -0.3 is 15.1 Å². The molecule has 1 aromatic rings. The lowest BCUT2D eigenvalue weighted by molar-refractivity contribution is -0.118. The summed E-state index contributed by atoms with van der Waals surface area (Å²) in [5.74, 6) is 0.161. The summed E-state index contributed by atoms with van der Waals surface area (Å²) in [6.07, 6.45) is 1.34. The number of carbonyl (C=O) groups excluding carboxylic acids is 2. The number of rotatable bonds is 1. The van der Waals surface area contributed by atoms with Gasteiger partial charge >= 0.3 is 6.03 Å². The van der Waals surface area contributed by atoms with Crippen molar-refractivity contribution in [3.63, 3.8) is 0 Å². The Hall–Kier alpha value is -2.04. The van der Waals surface area contributed by atoms with Gasteiger partial charge in [0.05, 0.1) is 6.04 Å². The number of nitrogens with one attached hydrogen (secondary N) is 1. The SMILES string of the molecule is CN1CC(c2ccc3c(c2)CCC(=O)N3C)NC1=O. The molecule has 19 heavy (non-hydrogen) atoms. The monoisotopic (exact) mass is 259 g/mol. The molecule has 1 unspecified atom stereocenters. The molecule has 0 radical (unpaired) electrons. The van der Waals surface area contributed by atoms with Crippen LogP contribution in [0.15, 0.2) is 18.2 Å². The van der Waals surface area contributed by atoms with Crippen LogP contribution in [0.2, 0.25) is 0 Å². The maximum absolute atomic E-state index is 11.6. The lowest BCUT2D eigenvalue weighted by Gasteiger charge is -2.26. The van der Waals surface area contributed by atoms with E-state index in [1.165, 1.54) is 5.56 Å². The minimum Gasteiger partial charge on any atom is -0.329 e. The second-order valence-electron chi connectivity index (χ2n) is 5.22. The van der Waals surface area contributed by atoms with Crippen LogP contribution in [0.3, 0.4) is 0 Å². The molecule has 1 fully saturated rings. The predicted octanol–water partition coefficient (Wildman–Crippen LogP) is 1.29. The van der Waals surface area contributed by atoms with Crippen molar-refractivity contribution in [3.05, 3.63) is 29.3 Å². The number of hydrogen-bond acceptors (Lipinski definition) is 2. The van der Waals surface area contributed by atoms with Gasteiger partial charge in [-0.2, -0.15) is 0 Å². The molecule has 1 atom stereocenters. The van der Waals surface area contributed by atoms with Crippen LogP contribution < -0.4 is 10.2 Å². The number of nitrogens with zero attached hydrogens (tertiary/aromatic N) is 2. The fourth-order valence-corrected chi connectivity index (χ4v) is 2.74. The topological polar surface area (TPSA) is 52.7 Å². The van der Waals surface area contributed by atoms with Crippen LogP contribution in [0.25, 0.3) is 0 Å². The van der Waals surface area contributed by atoms with Crippen molar-refractivity contribution in [3.8, 4) is 0 Å². The van der Waals surface area contributed by atoms with Gasteiger partial charge in [-0.05, 0) is 23.6 Å².